The zero-order valence-electron chi connectivity index (χ0n) is 17.2. The Morgan fingerprint density at radius 1 is 1.32 bits per heavy atom. The Morgan fingerprint density at radius 2 is 2.10 bits per heavy atom. The first-order valence-electron chi connectivity index (χ1n) is 9.97. The summed E-state index contributed by atoms with van der Waals surface area (Å²) in [4.78, 5) is 21.5. The molecular formula is C22H21FN6O2. The average molecular weight is 420 g/mol. The average Bonchev–Trinajstić information content (AvgIpc) is 3.07. The minimum absolute atomic E-state index is 0.0448. The Balaban J connectivity index is 1.87. The van der Waals surface area contributed by atoms with E-state index in [0.29, 0.717) is 59.5 Å². The van der Waals surface area contributed by atoms with E-state index in [2.05, 4.69) is 21.1 Å². The first-order chi connectivity index (χ1) is 14.9. The fraction of sp³-hybridized carbons (Fsp3) is 0.318. The van der Waals surface area contributed by atoms with Gasteiger partial charge in [-0.2, -0.15) is 10.4 Å². The van der Waals surface area contributed by atoms with Crippen molar-refractivity contribution < 1.29 is 13.9 Å². The Kier molecular flexibility index (Phi) is 5.38. The lowest BCUT2D eigenvalue weighted by Gasteiger charge is -2.19. The van der Waals surface area contributed by atoms with Gasteiger partial charge in [-0.05, 0) is 44.4 Å². The van der Waals surface area contributed by atoms with Gasteiger partial charge in [-0.3, -0.25) is 9.48 Å². The third kappa shape index (κ3) is 3.84. The second kappa shape index (κ2) is 8.14. The van der Waals surface area contributed by atoms with Crippen molar-refractivity contribution in [3.63, 3.8) is 0 Å². The molecule has 8 nitrogen and oxygen atoms in total. The number of carbonyl (C=O) groups excluding carboxylic acids is 1. The van der Waals surface area contributed by atoms with Crippen LogP contribution in [-0.4, -0.2) is 25.5 Å². The van der Waals surface area contributed by atoms with Crippen LogP contribution in [-0.2, 0) is 13.5 Å². The molecule has 0 unspecified atom stereocenters. The molecule has 2 bridgehead atoms. The number of fused-ring (bicyclic) bond motifs is 5. The fourth-order valence-corrected chi connectivity index (χ4v) is 3.81. The van der Waals surface area contributed by atoms with Gasteiger partial charge in [-0.15, -0.1) is 0 Å². The number of carbonyl (C=O) groups is 1. The summed E-state index contributed by atoms with van der Waals surface area (Å²) in [6.07, 6.45) is 2.98. The van der Waals surface area contributed by atoms with Gasteiger partial charge in [0.25, 0.3) is 5.88 Å². The number of nitriles is 1. The number of halogens is 1. The van der Waals surface area contributed by atoms with Gasteiger partial charge in [0.1, 0.15) is 23.7 Å². The number of anilines is 1. The lowest BCUT2D eigenvalue weighted by molar-refractivity contribution is 0.0974. The molecule has 1 aromatic carbocycles. The molecule has 0 amide bonds. The summed E-state index contributed by atoms with van der Waals surface area (Å²) in [5, 5.41) is 14.1. The largest absolute Gasteiger partial charge is 0.467 e. The van der Waals surface area contributed by atoms with E-state index in [1.807, 2.05) is 0 Å². The third-order valence-electron chi connectivity index (χ3n) is 5.36. The highest BCUT2D eigenvalue weighted by molar-refractivity contribution is 5.97. The van der Waals surface area contributed by atoms with Crippen molar-refractivity contribution in [1.82, 2.24) is 19.7 Å². The molecule has 0 radical (unpaired) electrons. The van der Waals surface area contributed by atoms with Crippen molar-refractivity contribution in [2.75, 3.05) is 5.73 Å². The molecule has 0 fully saturated rings. The molecule has 2 N–H and O–H groups in total. The predicted octanol–water partition coefficient (Wildman–Crippen LogP) is 3.52. The molecular weight excluding hydrogens is 399 g/mol. The zero-order valence-corrected chi connectivity index (χ0v) is 17.2. The molecule has 0 saturated carbocycles. The summed E-state index contributed by atoms with van der Waals surface area (Å²) < 4.78 is 21.4. The second-order valence-electron chi connectivity index (χ2n) is 7.47. The molecule has 3 aromatic rings. The number of aromatic nitrogens is 4. The Labute approximate surface area is 178 Å². The fourth-order valence-electron chi connectivity index (χ4n) is 3.81. The van der Waals surface area contributed by atoms with Crippen LogP contribution in [0, 0.1) is 17.1 Å². The number of ketones is 1. The number of rotatable bonds is 0. The van der Waals surface area contributed by atoms with Crippen molar-refractivity contribution in [2.45, 2.75) is 38.7 Å². The van der Waals surface area contributed by atoms with E-state index in [-0.39, 0.29) is 17.5 Å². The standard InChI is InChI=1S/C22H21FN6O2/c1-12-15-9-13(23)7-8-14(15)19(30)6-4-3-5-16-20(18(10-24)29(2)28-16)17-11-26-21(25)22(27-17)31-12/h7-9,11-12H,3-6H2,1-2H3,(H2,25,26)/t12-/m1/s1. The van der Waals surface area contributed by atoms with Crippen LogP contribution in [0.3, 0.4) is 0 Å². The van der Waals surface area contributed by atoms with Gasteiger partial charge in [-0.25, -0.2) is 14.4 Å². The number of benzene rings is 1. The van der Waals surface area contributed by atoms with E-state index in [9.17, 15) is 14.4 Å². The quantitative estimate of drug-likeness (QED) is 0.591. The van der Waals surface area contributed by atoms with Gasteiger partial charge >= 0.3 is 0 Å². The van der Waals surface area contributed by atoms with Crippen LogP contribution >= 0.6 is 0 Å². The number of nitrogens with zero attached hydrogens (tertiary/aromatic N) is 5. The second-order valence-corrected chi connectivity index (χ2v) is 7.47. The van der Waals surface area contributed by atoms with E-state index >= 15 is 0 Å². The maximum Gasteiger partial charge on any atom is 0.258 e. The number of nitrogen functional groups attached to an aromatic ring is 1. The highest BCUT2D eigenvalue weighted by Gasteiger charge is 2.24. The minimum Gasteiger partial charge on any atom is -0.467 e. The maximum atomic E-state index is 14.0. The van der Waals surface area contributed by atoms with Gasteiger partial charge < -0.3 is 10.5 Å². The number of hydrogen-bond acceptors (Lipinski definition) is 7. The number of nitrogens with two attached hydrogens (primary N) is 1. The predicted molar refractivity (Wildman–Crippen MR) is 111 cm³/mol. The molecule has 1 aliphatic heterocycles. The van der Waals surface area contributed by atoms with Crippen LogP contribution in [0.25, 0.3) is 11.3 Å². The first kappa shape index (κ1) is 20.5. The highest BCUT2D eigenvalue weighted by atomic mass is 19.1. The van der Waals surface area contributed by atoms with Crippen LogP contribution in [0.4, 0.5) is 10.2 Å². The van der Waals surface area contributed by atoms with Crippen LogP contribution in [0.15, 0.2) is 24.4 Å². The van der Waals surface area contributed by atoms with Crippen molar-refractivity contribution in [3.8, 4) is 23.2 Å². The molecule has 31 heavy (non-hydrogen) atoms. The van der Waals surface area contributed by atoms with Crippen LogP contribution in [0.5, 0.6) is 5.88 Å². The Hall–Kier alpha value is -3.80. The number of aryl methyl sites for hydroxylation is 2. The lowest BCUT2D eigenvalue weighted by atomic mass is 9.96. The van der Waals surface area contributed by atoms with Crippen molar-refractivity contribution >= 4 is 11.6 Å². The highest BCUT2D eigenvalue weighted by Crippen LogP contribution is 2.33. The summed E-state index contributed by atoms with van der Waals surface area (Å²) >= 11 is 0. The van der Waals surface area contributed by atoms with E-state index in [4.69, 9.17) is 10.5 Å². The van der Waals surface area contributed by atoms with E-state index in [0.717, 1.165) is 0 Å². The van der Waals surface area contributed by atoms with E-state index in [1.54, 1.807) is 14.0 Å². The Morgan fingerprint density at radius 3 is 2.87 bits per heavy atom. The smallest absolute Gasteiger partial charge is 0.258 e. The van der Waals surface area contributed by atoms with E-state index < -0.39 is 11.9 Å². The number of ether oxygens (including phenoxy) is 1. The first-order valence-corrected chi connectivity index (χ1v) is 9.97. The molecule has 0 saturated heterocycles. The molecule has 9 heteroatoms. The third-order valence-corrected chi connectivity index (χ3v) is 5.36. The van der Waals surface area contributed by atoms with Gasteiger partial charge in [0, 0.05) is 24.6 Å². The van der Waals surface area contributed by atoms with Crippen LogP contribution < -0.4 is 10.5 Å². The number of Topliss-reactive ketones (excluding diaryl/α,β-unsaturated/α-hetero) is 1. The molecule has 0 aliphatic carbocycles. The van der Waals surface area contributed by atoms with Crippen molar-refractivity contribution in [3.05, 3.63) is 52.7 Å². The molecule has 0 spiro atoms. The molecule has 3 heterocycles. The Bertz CT molecular complexity index is 1210. The topological polar surface area (TPSA) is 120 Å². The molecule has 158 valence electrons. The summed E-state index contributed by atoms with van der Waals surface area (Å²) in [5.41, 5.74) is 8.86. The lowest BCUT2D eigenvalue weighted by Crippen LogP contribution is -2.13. The molecule has 2 aromatic heterocycles. The number of hydrogen-bond donors (Lipinski definition) is 1. The van der Waals surface area contributed by atoms with Crippen molar-refractivity contribution in [2.24, 2.45) is 7.05 Å². The molecule has 1 aliphatic rings. The summed E-state index contributed by atoms with van der Waals surface area (Å²) in [6.45, 7) is 1.70. The SMILES string of the molecule is C[C@H]1Oc2nc(cnc2N)-c2c(nn(C)c2C#N)CCCCC(=O)c2ccc(F)cc21. The van der Waals surface area contributed by atoms with Gasteiger partial charge in [0.05, 0.1) is 23.1 Å². The van der Waals surface area contributed by atoms with Gasteiger partial charge in [0.15, 0.2) is 11.6 Å². The summed E-state index contributed by atoms with van der Waals surface area (Å²) in [6, 6.07) is 6.21. The normalized spacial score (nSPS) is 16.5. The molecule has 1 atom stereocenters. The van der Waals surface area contributed by atoms with Crippen LogP contribution in [0.2, 0.25) is 0 Å². The van der Waals surface area contributed by atoms with Gasteiger partial charge in [0.2, 0.25) is 0 Å². The van der Waals surface area contributed by atoms with Crippen LogP contribution in [0.1, 0.15) is 59.6 Å². The summed E-state index contributed by atoms with van der Waals surface area (Å²) in [7, 11) is 1.69. The zero-order chi connectivity index (χ0) is 22.1. The molecule has 4 rings (SSSR count). The maximum absolute atomic E-state index is 14.0. The van der Waals surface area contributed by atoms with Gasteiger partial charge in [-0.1, -0.05) is 0 Å². The monoisotopic (exact) mass is 420 g/mol. The van der Waals surface area contributed by atoms with Crippen molar-refractivity contribution in [1.29, 1.82) is 5.26 Å². The van der Waals surface area contributed by atoms with E-state index in [1.165, 1.54) is 29.1 Å². The summed E-state index contributed by atoms with van der Waals surface area (Å²) in [5.74, 6) is -0.455. The minimum atomic E-state index is -0.701.